The summed E-state index contributed by atoms with van der Waals surface area (Å²) >= 11 is 3.42. The van der Waals surface area contributed by atoms with Crippen LogP contribution in [0.3, 0.4) is 0 Å². The van der Waals surface area contributed by atoms with E-state index >= 15 is 0 Å². The topological polar surface area (TPSA) is 56.5 Å². The van der Waals surface area contributed by atoms with Crippen LogP contribution in [0.5, 0.6) is 0 Å². The maximum Gasteiger partial charge on any atom is 0.156 e. The molecule has 0 saturated heterocycles. The average Bonchev–Trinajstić information content (AvgIpc) is 2.85. The summed E-state index contributed by atoms with van der Waals surface area (Å²) in [7, 11) is 0. The highest BCUT2D eigenvalue weighted by molar-refractivity contribution is 9.10. The van der Waals surface area contributed by atoms with Crippen LogP contribution < -0.4 is 0 Å². The average molecular weight is 304 g/mol. The number of benzene rings is 1. The van der Waals surface area contributed by atoms with E-state index < -0.39 is 0 Å². The van der Waals surface area contributed by atoms with Gasteiger partial charge in [-0.25, -0.2) is 0 Å². The van der Waals surface area contributed by atoms with E-state index in [1.807, 2.05) is 31.2 Å². The van der Waals surface area contributed by atoms with Crippen molar-refractivity contribution in [3.05, 3.63) is 40.8 Å². The van der Waals surface area contributed by atoms with Crippen molar-refractivity contribution in [1.29, 1.82) is 0 Å². The van der Waals surface area contributed by atoms with Gasteiger partial charge in [-0.2, -0.15) is 4.68 Å². The summed E-state index contributed by atoms with van der Waals surface area (Å²) in [6.07, 6.45) is 2.56. The van der Waals surface area contributed by atoms with Crippen LogP contribution >= 0.6 is 15.9 Å². The molecular weight excluding hydrogens is 294 g/mol. The Labute approximate surface area is 112 Å². The minimum Gasteiger partial charge on any atom is -0.253 e. The highest BCUT2D eigenvalue weighted by Crippen LogP contribution is 2.23. The third-order valence-corrected chi connectivity index (χ3v) is 3.17. The highest BCUT2D eigenvalue weighted by Gasteiger charge is 2.10. The van der Waals surface area contributed by atoms with Crippen LogP contribution in [0.1, 0.15) is 12.7 Å². The highest BCUT2D eigenvalue weighted by atomic mass is 79.9. The first-order valence-electron chi connectivity index (χ1n) is 5.61. The molecule has 0 unspecified atom stereocenters. The number of para-hydroxylation sites is 1. The van der Waals surface area contributed by atoms with Gasteiger partial charge in [0.15, 0.2) is 5.82 Å². The third-order valence-electron chi connectivity index (χ3n) is 2.73. The molecule has 2 aromatic heterocycles. The van der Waals surface area contributed by atoms with E-state index in [2.05, 4.69) is 36.4 Å². The van der Waals surface area contributed by atoms with Gasteiger partial charge in [0, 0.05) is 22.5 Å². The molecule has 2 heterocycles. The van der Waals surface area contributed by atoms with Crippen molar-refractivity contribution in [1.82, 2.24) is 25.2 Å². The van der Waals surface area contributed by atoms with Crippen molar-refractivity contribution in [2.45, 2.75) is 13.3 Å². The maximum atomic E-state index is 4.45. The second kappa shape index (κ2) is 4.45. The lowest BCUT2D eigenvalue weighted by molar-refractivity contribution is 0.769. The molecular formula is C12H10BrN5. The van der Waals surface area contributed by atoms with Gasteiger partial charge >= 0.3 is 0 Å². The Morgan fingerprint density at radius 3 is 3.06 bits per heavy atom. The number of pyridine rings is 1. The molecule has 0 N–H and O–H groups in total. The predicted octanol–water partition coefficient (Wildman–Crippen LogP) is 2.54. The second-order valence-electron chi connectivity index (χ2n) is 3.86. The first kappa shape index (κ1) is 11.3. The van der Waals surface area contributed by atoms with Crippen molar-refractivity contribution in [3.63, 3.8) is 0 Å². The molecule has 0 spiro atoms. The molecule has 0 aliphatic heterocycles. The number of halogens is 1. The molecule has 0 aliphatic rings. The zero-order valence-corrected chi connectivity index (χ0v) is 11.3. The monoisotopic (exact) mass is 303 g/mol. The van der Waals surface area contributed by atoms with Crippen molar-refractivity contribution in [2.24, 2.45) is 0 Å². The molecule has 90 valence electrons. The quantitative estimate of drug-likeness (QED) is 0.730. The van der Waals surface area contributed by atoms with Gasteiger partial charge in [0.1, 0.15) is 0 Å². The van der Waals surface area contributed by atoms with E-state index in [0.29, 0.717) is 0 Å². The summed E-state index contributed by atoms with van der Waals surface area (Å²) in [6, 6.07) is 8.00. The lowest BCUT2D eigenvalue weighted by atomic mass is 10.2. The SMILES string of the molecule is CCc1nnnn1-c1cccc2cc(Br)cnc12. The lowest BCUT2D eigenvalue weighted by Crippen LogP contribution is -2.03. The molecule has 0 saturated carbocycles. The van der Waals surface area contributed by atoms with Gasteiger partial charge in [-0.15, -0.1) is 5.10 Å². The summed E-state index contributed by atoms with van der Waals surface area (Å²) in [5, 5.41) is 12.8. The largest absolute Gasteiger partial charge is 0.253 e. The van der Waals surface area contributed by atoms with Crippen LogP contribution in [0, 0.1) is 0 Å². The number of rotatable bonds is 2. The molecule has 0 radical (unpaired) electrons. The first-order valence-corrected chi connectivity index (χ1v) is 6.41. The molecule has 3 rings (SSSR count). The molecule has 0 amide bonds. The van der Waals surface area contributed by atoms with E-state index in [1.165, 1.54) is 0 Å². The fourth-order valence-electron chi connectivity index (χ4n) is 1.90. The number of aromatic nitrogens is 5. The normalized spacial score (nSPS) is 11.0. The van der Waals surface area contributed by atoms with Gasteiger partial charge in [0.05, 0.1) is 11.2 Å². The number of fused-ring (bicyclic) bond motifs is 1. The van der Waals surface area contributed by atoms with Crippen molar-refractivity contribution in [2.75, 3.05) is 0 Å². The zero-order chi connectivity index (χ0) is 12.5. The summed E-state index contributed by atoms with van der Waals surface area (Å²) in [5.74, 6) is 0.826. The number of tetrazole rings is 1. The Balaban J connectivity index is 2.29. The molecule has 0 atom stereocenters. The van der Waals surface area contributed by atoms with Gasteiger partial charge < -0.3 is 0 Å². The van der Waals surface area contributed by atoms with Gasteiger partial charge in [-0.05, 0) is 38.5 Å². The van der Waals surface area contributed by atoms with E-state index in [-0.39, 0.29) is 0 Å². The minimum atomic E-state index is 0.778. The molecule has 18 heavy (non-hydrogen) atoms. The third kappa shape index (κ3) is 1.78. The van der Waals surface area contributed by atoms with Gasteiger partial charge in [-0.3, -0.25) is 4.98 Å². The second-order valence-corrected chi connectivity index (χ2v) is 4.78. The van der Waals surface area contributed by atoms with E-state index in [4.69, 9.17) is 0 Å². The predicted molar refractivity (Wildman–Crippen MR) is 71.5 cm³/mol. The summed E-state index contributed by atoms with van der Waals surface area (Å²) in [6.45, 7) is 2.03. The number of hydrogen-bond acceptors (Lipinski definition) is 4. The van der Waals surface area contributed by atoms with Crippen LogP contribution in [0.2, 0.25) is 0 Å². The number of aryl methyl sites for hydroxylation is 1. The van der Waals surface area contributed by atoms with Crippen molar-refractivity contribution in [3.8, 4) is 5.69 Å². The Morgan fingerprint density at radius 2 is 2.22 bits per heavy atom. The molecule has 3 aromatic rings. The van der Waals surface area contributed by atoms with Crippen LogP contribution in [-0.4, -0.2) is 25.2 Å². The fourth-order valence-corrected chi connectivity index (χ4v) is 2.25. The molecule has 0 fully saturated rings. The van der Waals surface area contributed by atoms with E-state index in [1.54, 1.807) is 10.9 Å². The van der Waals surface area contributed by atoms with Crippen molar-refractivity contribution >= 4 is 26.8 Å². The smallest absolute Gasteiger partial charge is 0.156 e. The van der Waals surface area contributed by atoms with E-state index in [9.17, 15) is 0 Å². The summed E-state index contributed by atoms with van der Waals surface area (Å²) < 4.78 is 2.70. The van der Waals surface area contributed by atoms with E-state index in [0.717, 1.165) is 33.3 Å². The van der Waals surface area contributed by atoms with Gasteiger partial charge in [0.2, 0.25) is 0 Å². The summed E-state index contributed by atoms with van der Waals surface area (Å²) in [5.41, 5.74) is 1.80. The van der Waals surface area contributed by atoms with Crippen LogP contribution in [-0.2, 0) is 6.42 Å². The first-order chi connectivity index (χ1) is 8.79. The van der Waals surface area contributed by atoms with Crippen LogP contribution in [0.4, 0.5) is 0 Å². The van der Waals surface area contributed by atoms with Crippen LogP contribution in [0.15, 0.2) is 34.9 Å². The Bertz CT molecular complexity index is 707. The Morgan fingerprint density at radius 1 is 1.33 bits per heavy atom. The molecule has 6 heteroatoms. The molecule has 0 bridgehead atoms. The summed E-state index contributed by atoms with van der Waals surface area (Å²) in [4.78, 5) is 4.45. The number of nitrogens with zero attached hydrogens (tertiary/aromatic N) is 5. The fraction of sp³-hybridized carbons (Fsp3) is 0.167. The molecule has 0 aliphatic carbocycles. The van der Waals surface area contributed by atoms with Gasteiger partial charge in [-0.1, -0.05) is 19.1 Å². The number of hydrogen-bond donors (Lipinski definition) is 0. The van der Waals surface area contributed by atoms with Gasteiger partial charge in [0.25, 0.3) is 0 Å². The maximum absolute atomic E-state index is 4.45. The molecule has 1 aromatic carbocycles. The zero-order valence-electron chi connectivity index (χ0n) is 9.71. The Hall–Kier alpha value is -1.82. The lowest BCUT2D eigenvalue weighted by Gasteiger charge is -2.06. The molecule has 5 nitrogen and oxygen atoms in total. The van der Waals surface area contributed by atoms with Crippen molar-refractivity contribution < 1.29 is 0 Å². The standard InChI is InChI=1S/C12H10BrN5/c1-2-11-15-16-17-18(11)10-5-3-4-8-6-9(13)7-14-12(8)10/h3-7H,2H2,1H3. The Kier molecular flexibility index (Phi) is 2.79. The van der Waals surface area contributed by atoms with Crippen LogP contribution in [0.25, 0.3) is 16.6 Å². The minimum absolute atomic E-state index is 0.778.